The lowest BCUT2D eigenvalue weighted by Gasteiger charge is -2.23. The Bertz CT molecular complexity index is 1320. The molecule has 3 aromatic rings. The van der Waals surface area contributed by atoms with Crippen molar-refractivity contribution in [1.29, 1.82) is 0 Å². The molecule has 0 bridgehead atoms. The highest BCUT2D eigenvalue weighted by Gasteiger charge is 2.27. The molecule has 3 atom stereocenters. The van der Waals surface area contributed by atoms with E-state index in [-0.39, 0.29) is 6.54 Å². The summed E-state index contributed by atoms with van der Waals surface area (Å²) in [5.74, 6) is -1.24. The number of benzene rings is 2. The number of aliphatic hydroxyl groups excluding tert-OH is 4. The molecule has 11 nitrogen and oxygen atoms in total. The highest BCUT2D eigenvalue weighted by atomic mass is 16.5. The van der Waals surface area contributed by atoms with Crippen molar-refractivity contribution in [2.24, 2.45) is 0 Å². The van der Waals surface area contributed by atoms with Crippen LogP contribution in [-0.2, 0) is 17.8 Å². The summed E-state index contributed by atoms with van der Waals surface area (Å²) in [6.45, 7) is 2.50. The molecule has 0 radical (unpaired) electrons. The molecule has 5 N–H and O–H groups in total. The smallest absolute Gasteiger partial charge is 0.337 e. The van der Waals surface area contributed by atoms with E-state index in [4.69, 9.17) is 5.11 Å². The average Bonchev–Trinajstić information content (AvgIpc) is 2.88. The van der Waals surface area contributed by atoms with Crippen LogP contribution in [0.5, 0.6) is 0 Å². The van der Waals surface area contributed by atoms with Crippen molar-refractivity contribution >= 4 is 22.9 Å². The molecule has 0 saturated heterocycles. The normalized spacial score (nSPS) is 13.8. The standard InChI is InChI=1S/C25H29N3O8/c1-13-8-17-18(9-14(13)2)28(11-19(30)22(32)20(31)12-29)24(34)21(27-17)23(33)26-10-15-4-6-16(7-5-15)25(35)36-3/h4-9,19-20,22,29-32H,10-12H2,1-3H3,(H,26,33)/t19-,20+,22-/m0/s1. The predicted octanol–water partition coefficient (Wildman–Crippen LogP) is -0.195. The number of ether oxygens (including phenoxy) is 1. The molecule has 0 saturated carbocycles. The van der Waals surface area contributed by atoms with Gasteiger partial charge in [0, 0.05) is 6.54 Å². The molecule has 0 unspecified atom stereocenters. The molecule has 2 aromatic carbocycles. The number of hydrogen-bond donors (Lipinski definition) is 5. The summed E-state index contributed by atoms with van der Waals surface area (Å²) in [7, 11) is 1.27. The number of carbonyl (C=O) groups excluding carboxylic acids is 2. The van der Waals surface area contributed by atoms with E-state index in [1.54, 1.807) is 36.4 Å². The van der Waals surface area contributed by atoms with E-state index in [1.807, 2.05) is 13.8 Å². The fourth-order valence-corrected chi connectivity index (χ4v) is 3.63. The molecule has 0 aliphatic heterocycles. The van der Waals surface area contributed by atoms with Gasteiger partial charge >= 0.3 is 5.97 Å². The zero-order chi connectivity index (χ0) is 26.6. The molecule has 3 rings (SSSR count). The summed E-state index contributed by atoms with van der Waals surface area (Å²) in [4.78, 5) is 42.0. The van der Waals surface area contributed by atoms with E-state index in [0.29, 0.717) is 22.2 Å². The lowest BCUT2D eigenvalue weighted by molar-refractivity contribution is -0.0805. The van der Waals surface area contributed by atoms with Crippen LogP contribution in [0.15, 0.2) is 41.2 Å². The number of amides is 1. The molecular formula is C25H29N3O8. The minimum absolute atomic E-state index is 0.0520. The Balaban J connectivity index is 1.94. The zero-order valence-corrected chi connectivity index (χ0v) is 20.1. The number of esters is 1. The van der Waals surface area contributed by atoms with Gasteiger partial charge in [-0.15, -0.1) is 0 Å². The van der Waals surface area contributed by atoms with Crippen molar-refractivity contribution in [2.45, 2.75) is 45.2 Å². The lowest BCUT2D eigenvalue weighted by atomic mass is 10.1. The van der Waals surface area contributed by atoms with Gasteiger partial charge in [0.05, 0.1) is 36.9 Å². The van der Waals surface area contributed by atoms with Gasteiger partial charge in [0.2, 0.25) is 0 Å². The number of rotatable bonds is 9. The van der Waals surface area contributed by atoms with Crippen molar-refractivity contribution in [1.82, 2.24) is 14.9 Å². The highest BCUT2D eigenvalue weighted by Crippen LogP contribution is 2.18. The van der Waals surface area contributed by atoms with E-state index >= 15 is 0 Å². The molecule has 1 heterocycles. The summed E-state index contributed by atoms with van der Waals surface area (Å²) >= 11 is 0. The monoisotopic (exact) mass is 499 g/mol. The summed E-state index contributed by atoms with van der Waals surface area (Å²) in [6, 6.07) is 9.75. The van der Waals surface area contributed by atoms with Crippen LogP contribution in [0, 0.1) is 13.8 Å². The number of aromatic nitrogens is 2. The van der Waals surface area contributed by atoms with E-state index in [0.717, 1.165) is 15.7 Å². The largest absolute Gasteiger partial charge is 0.465 e. The molecule has 0 spiro atoms. The summed E-state index contributed by atoms with van der Waals surface area (Å²) in [5, 5.41) is 41.8. The zero-order valence-electron chi connectivity index (χ0n) is 20.1. The van der Waals surface area contributed by atoms with Crippen molar-refractivity contribution in [2.75, 3.05) is 13.7 Å². The maximum Gasteiger partial charge on any atom is 0.337 e. The van der Waals surface area contributed by atoms with Crippen LogP contribution >= 0.6 is 0 Å². The Morgan fingerprint density at radius 2 is 1.69 bits per heavy atom. The third kappa shape index (κ3) is 5.77. The number of nitrogens with one attached hydrogen (secondary N) is 1. The second kappa shape index (κ2) is 11.4. The fourth-order valence-electron chi connectivity index (χ4n) is 3.63. The van der Waals surface area contributed by atoms with Crippen LogP contribution in [0.3, 0.4) is 0 Å². The highest BCUT2D eigenvalue weighted by molar-refractivity contribution is 5.94. The number of methoxy groups -OCH3 is 1. The summed E-state index contributed by atoms with van der Waals surface area (Å²) in [5.41, 5.74) is 2.18. The Kier molecular flexibility index (Phi) is 8.53. The number of aryl methyl sites for hydroxylation is 2. The van der Waals surface area contributed by atoms with Gasteiger partial charge in [0.1, 0.15) is 18.3 Å². The minimum atomic E-state index is -1.72. The first-order valence-corrected chi connectivity index (χ1v) is 11.2. The van der Waals surface area contributed by atoms with Crippen LogP contribution in [0.2, 0.25) is 0 Å². The second-order valence-electron chi connectivity index (χ2n) is 8.48. The fraction of sp³-hybridized carbons (Fsp3) is 0.360. The number of nitrogens with zero attached hydrogens (tertiary/aromatic N) is 2. The molecule has 192 valence electrons. The number of hydrogen-bond acceptors (Lipinski definition) is 9. The third-order valence-corrected chi connectivity index (χ3v) is 5.95. The first-order chi connectivity index (χ1) is 17.1. The van der Waals surface area contributed by atoms with Crippen molar-refractivity contribution in [3.05, 3.63) is 74.7 Å². The first-order valence-electron chi connectivity index (χ1n) is 11.2. The van der Waals surface area contributed by atoms with Crippen LogP contribution in [-0.4, -0.2) is 73.9 Å². The molecule has 36 heavy (non-hydrogen) atoms. The van der Waals surface area contributed by atoms with Crippen molar-refractivity contribution in [3.63, 3.8) is 0 Å². The van der Waals surface area contributed by atoms with E-state index in [9.17, 15) is 29.7 Å². The Labute approximate surface area is 206 Å². The number of fused-ring (bicyclic) bond motifs is 1. The van der Waals surface area contributed by atoms with Gasteiger partial charge in [-0.1, -0.05) is 12.1 Å². The van der Waals surface area contributed by atoms with E-state index < -0.39 is 54.6 Å². The SMILES string of the molecule is COC(=O)c1ccc(CNC(=O)c2nc3cc(C)c(C)cc3n(C[C@H](O)[C@H](O)[C@H](O)CO)c2=O)cc1. The topological polar surface area (TPSA) is 171 Å². The van der Waals surface area contributed by atoms with E-state index in [2.05, 4.69) is 15.0 Å². The van der Waals surface area contributed by atoms with E-state index in [1.165, 1.54) is 7.11 Å². The van der Waals surface area contributed by atoms with Crippen LogP contribution in [0.25, 0.3) is 11.0 Å². The van der Waals surface area contributed by atoms with Gasteiger partial charge in [-0.3, -0.25) is 9.59 Å². The van der Waals surface area contributed by atoms with Gasteiger partial charge in [0.15, 0.2) is 5.69 Å². The molecule has 11 heteroatoms. The Morgan fingerprint density at radius 3 is 2.31 bits per heavy atom. The molecule has 0 aliphatic rings. The van der Waals surface area contributed by atoms with Gasteiger partial charge in [-0.2, -0.15) is 0 Å². The quantitative estimate of drug-likeness (QED) is 0.250. The first kappa shape index (κ1) is 27.0. The van der Waals surface area contributed by atoms with Crippen molar-refractivity contribution < 1.29 is 34.8 Å². The molecular weight excluding hydrogens is 470 g/mol. The van der Waals surface area contributed by atoms with Crippen LogP contribution in [0.1, 0.15) is 37.5 Å². The summed E-state index contributed by atoms with van der Waals surface area (Å²) in [6.07, 6.45) is -4.94. The maximum atomic E-state index is 13.3. The Hall–Kier alpha value is -3.64. The second-order valence-corrected chi connectivity index (χ2v) is 8.48. The number of aliphatic hydroxyl groups is 4. The third-order valence-electron chi connectivity index (χ3n) is 5.95. The van der Waals surface area contributed by atoms with Gasteiger partial charge in [-0.05, 0) is 54.8 Å². The average molecular weight is 500 g/mol. The summed E-state index contributed by atoms with van der Waals surface area (Å²) < 4.78 is 5.77. The maximum absolute atomic E-state index is 13.3. The molecule has 1 amide bonds. The minimum Gasteiger partial charge on any atom is -0.465 e. The van der Waals surface area contributed by atoms with Crippen LogP contribution in [0.4, 0.5) is 0 Å². The molecule has 0 aliphatic carbocycles. The molecule has 0 fully saturated rings. The lowest BCUT2D eigenvalue weighted by Crippen LogP contribution is -2.44. The van der Waals surface area contributed by atoms with Crippen LogP contribution < -0.4 is 10.9 Å². The van der Waals surface area contributed by atoms with Gasteiger partial charge in [0.25, 0.3) is 11.5 Å². The Morgan fingerprint density at radius 1 is 1.06 bits per heavy atom. The molecule has 1 aromatic heterocycles. The van der Waals surface area contributed by atoms with Gasteiger partial charge < -0.3 is 35.0 Å². The van der Waals surface area contributed by atoms with Crippen molar-refractivity contribution in [3.8, 4) is 0 Å². The predicted molar refractivity (Wildman–Crippen MR) is 130 cm³/mol. The number of carbonyl (C=O) groups is 2. The van der Waals surface area contributed by atoms with Gasteiger partial charge in [-0.25, -0.2) is 9.78 Å².